The SMILES string of the molecule is COCCOc1ccccc1CCCN. The molecular weight excluding hydrogens is 190 g/mol. The van der Waals surface area contributed by atoms with Crippen molar-refractivity contribution in [1.29, 1.82) is 0 Å². The quantitative estimate of drug-likeness (QED) is 0.694. The van der Waals surface area contributed by atoms with Gasteiger partial charge in [0.25, 0.3) is 0 Å². The number of nitrogens with two attached hydrogens (primary N) is 1. The van der Waals surface area contributed by atoms with Gasteiger partial charge in [0.15, 0.2) is 0 Å². The summed E-state index contributed by atoms with van der Waals surface area (Å²) >= 11 is 0. The number of methoxy groups -OCH3 is 1. The summed E-state index contributed by atoms with van der Waals surface area (Å²) in [5.41, 5.74) is 6.71. The highest BCUT2D eigenvalue weighted by Crippen LogP contribution is 2.19. The van der Waals surface area contributed by atoms with Crippen LogP contribution in [0.2, 0.25) is 0 Å². The molecule has 15 heavy (non-hydrogen) atoms. The Morgan fingerprint density at radius 1 is 1.20 bits per heavy atom. The van der Waals surface area contributed by atoms with Crippen molar-refractivity contribution in [2.75, 3.05) is 26.9 Å². The van der Waals surface area contributed by atoms with E-state index in [1.807, 2.05) is 18.2 Å². The summed E-state index contributed by atoms with van der Waals surface area (Å²) in [7, 11) is 1.67. The van der Waals surface area contributed by atoms with E-state index in [0.29, 0.717) is 19.8 Å². The average molecular weight is 209 g/mol. The summed E-state index contributed by atoms with van der Waals surface area (Å²) in [6, 6.07) is 8.07. The van der Waals surface area contributed by atoms with Gasteiger partial charge in [0.1, 0.15) is 12.4 Å². The summed E-state index contributed by atoms with van der Waals surface area (Å²) < 4.78 is 10.5. The number of rotatable bonds is 7. The van der Waals surface area contributed by atoms with Gasteiger partial charge in [0.2, 0.25) is 0 Å². The minimum absolute atomic E-state index is 0.593. The summed E-state index contributed by atoms with van der Waals surface area (Å²) in [6.07, 6.45) is 1.96. The fourth-order valence-electron chi connectivity index (χ4n) is 1.38. The molecule has 1 rings (SSSR count). The molecule has 2 N–H and O–H groups in total. The lowest BCUT2D eigenvalue weighted by atomic mass is 10.1. The standard InChI is InChI=1S/C12H19NO2/c1-14-9-10-15-12-7-3-2-5-11(12)6-4-8-13/h2-3,5,7H,4,6,8-10,13H2,1H3. The lowest BCUT2D eigenvalue weighted by Gasteiger charge is -2.10. The molecule has 0 unspecified atom stereocenters. The Morgan fingerprint density at radius 3 is 2.73 bits per heavy atom. The largest absolute Gasteiger partial charge is 0.491 e. The summed E-state index contributed by atoms with van der Waals surface area (Å²) in [5.74, 6) is 0.947. The van der Waals surface area contributed by atoms with E-state index in [-0.39, 0.29) is 0 Å². The first-order chi connectivity index (χ1) is 7.38. The monoisotopic (exact) mass is 209 g/mol. The van der Waals surface area contributed by atoms with Crippen LogP contribution in [-0.2, 0) is 11.2 Å². The normalized spacial score (nSPS) is 10.3. The third kappa shape index (κ3) is 4.32. The molecule has 0 heterocycles. The van der Waals surface area contributed by atoms with Crippen LogP contribution in [0.25, 0.3) is 0 Å². The number of aryl methyl sites for hydroxylation is 1. The molecule has 3 nitrogen and oxygen atoms in total. The topological polar surface area (TPSA) is 44.5 Å². The van der Waals surface area contributed by atoms with Crippen LogP contribution in [0.3, 0.4) is 0 Å². The molecule has 0 radical (unpaired) electrons. The smallest absolute Gasteiger partial charge is 0.122 e. The van der Waals surface area contributed by atoms with Crippen molar-refractivity contribution in [3.05, 3.63) is 29.8 Å². The Morgan fingerprint density at radius 2 is 2.00 bits per heavy atom. The van der Waals surface area contributed by atoms with Crippen LogP contribution >= 0.6 is 0 Å². The van der Waals surface area contributed by atoms with E-state index in [1.54, 1.807) is 7.11 Å². The Balaban J connectivity index is 2.52. The minimum atomic E-state index is 0.593. The Hall–Kier alpha value is -1.06. The molecule has 0 amide bonds. The molecule has 0 aromatic heterocycles. The summed E-state index contributed by atoms with van der Waals surface area (Å²) in [4.78, 5) is 0. The van der Waals surface area contributed by atoms with Crippen LogP contribution < -0.4 is 10.5 Å². The van der Waals surface area contributed by atoms with E-state index in [4.69, 9.17) is 15.2 Å². The van der Waals surface area contributed by atoms with Gasteiger partial charge in [0, 0.05) is 7.11 Å². The molecule has 0 fully saturated rings. The fourth-order valence-corrected chi connectivity index (χ4v) is 1.38. The predicted octanol–water partition coefficient (Wildman–Crippen LogP) is 1.60. The van der Waals surface area contributed by atoms with E-state index >= 15 is 0 Å². The zero-order valence-electron chi connectivity index (χ0n) is 9.24. The number of hydrogen-bond donors (Lipinski definition) is 1. The van der Waals surface area contributed by atoms with Gasteiger partial charge in [-0.15, -0.1) is 0 Å². The second-order valence-electron chi connectivity index (χ2n) is 3.34. The van der Waals surface area contributed by atoms with E-state index in [0.717, 1.165) is 18.6 Å². The van der Waals surface area contributed by atoms with E-state index in [9.17, 15) is 0 Å². The van der Waals surface area contributed by atoms with Crippen molar-refractivity contribution < 1.29 is 9.47 Å². The van der Waals surface area contributed by atoms with E-state index in [2.05, 4.69) is 6.07 Å². The molecule has 84 valence electrons. The van der Waals surface area contributed by atoms with Crippen molar-refractivity contribution in [3.63, 3.8) is 0 Å². The Bertz CT molecular complexity index is 276. The average Bonchev–Trinajstić information content (AvgIpc) is 2.28. The third-order valence-electron chi connectivity index (χ3n) is 2.17. The first kappa shape index (κ1) is 12.0. The lowest BCUT2D eigenvalue weighted by molar-refractivity contribution is 0.146. The Labute approximate surface area is 91.2 Å². The highest BCUT2D eigenvalue weighted by Gasteiger charge is 2.01. The van der Waals surface area contributed by atoms with Gasteiger partial charge in [0.05, 0.1) is 6.61 Å². The van der Waals surface area contributed by atoms with Gasteiger partial charge in [-0.3, -0.25) is 0 Å². The zero-order chi connectivity index (χ0) is 10.9. The molecule has 0 atom stereocenters. The predicted molar refractivity (Wildman–Crippen MR) is 61.2 cm³/mol. The highest BCUT2D eigenvalue weighted by atomic mass is 16.5. The lowest BCUT2D eigenvalue weighted by Crippen LogP contribution is -2.07. The Kier molecular flexibility index (Phi) is 5.81. The molecule has 0 aliphatic carbocycles. The molecule has 0 aliphatic heterocycles. The van der Waals surface area contributed by atoms with E-state index < -0.39 is 0 Å². The van der Waals surface area contributed by atoms with Gasteiger partial charge in [-0.2, -0.15) is 0 Å². The van der Waals surface area contributed by atoms with Crippen LogP contribution in [-0.4, -0.2) is 26.9 Å². The van der Waals surface area contributed by atoms with Crippen LogP contribution in [0, 0.1) is 0 Å². The highest BCUT2D eigenvalue weighted by molar-refractivity contribution is 5.33. The van der Waals surface area contributed by atoms with Gasteiger partial charge < -0.3 is 15.2 Å². The van der Waals surface area contributed by atoms with Gasteiger partial charge in [-0.25, -0.2) is 0 Å². The first-order valence-electron chi connectivity index (χ1n) is 5.28. The molecule has 1 aromatic carbocycles. The summed E-state index contributed by atoms with van der Waals surface area (Å²) in [5, 5.41) is 0. The second kappa shape index (κ2) is 7.26. The molecule has 0 saturated carbocycles. The van der Waals surface area contributed by atoms with Gasteiger partial charge in [-0.1, -0.05) is 18.2 Å². The zero-order valence-corrected chi connectivity index (χ0v) is 9.24. The maximum atomic E-state index is 5.61. The van der Waals surface area contributed by atoms with Crippen molar-refractivity contribution in [2.24, 2.45) is 5.73 Å². The van der Waals surface area contributed by atoms with Gasteiger partial charge in [-0.05, 0) is 31.0 Å². The molecule has 0 bridgehead atoms. The number of para-hydroxylation sites is 1. The molecule has 3 heteroatoms. The maximum absolute atomic E-state index is 5.61. The number of hydrogen-bond acceptors (Lipinski definition) is 3. The number of benzene rings is 1. The van der Waals surface area contributed by atoms with Crippen LogP contribution in [0.1, 0.15) is 12.0 Å². The minimum Gasteiger partial charge on any atom is -0.491 e. The molecule has 0 saturated heterocycles. The molecular formula is C12H19NO2. The van der Waals surface area contributed by atoms with Gasteiger partial charge >= 0.3 is 0 Å². The second-order valence-corrected chi connectivity index (χ2v) is 3.34. The molecule has 1 aromatic rings. The van der Waals surface area contributed by atoms with Crippen LogP contribution in [0.15, 0.2) is 24.3 Å². The molecule has 0 spiro atoms. The van der Waals surface area contributed by atoms with Crippen molar-refractivity contribution in [2.45, 2.75) is 12.8 Å². The van der Waals surface area contributed by atoms with Crippen molar-refractivity contribution >= 4 is 0 Å². The van der Waals surface area contributed by atoms with Crippen LogP contribution in [0.4, 0.5) is 0 Å². The first-order valence-corrected chi connectivity index (χ1v) is 5.28. The van der Waals surface area contributed by atoms with E-state index in [1.165, 1.54) is 5.56 Å². The fraction of sp³-hybridized carbons (Fsp3) is 0.500. The van der Waals surface area contributed by atoms with Crippen LogP contribution in [0.5, 0.6) is 5.75 Å². The number of ether oxygens (including phenoxy) is 2. The maximum Gasteiger partial charge on any atom is 0.122 e. The third-order valence-corrected chi connectivity index (χ3v) is 2.17. The summed E-state index contributed by atoms with van der Waals surface area (Å²) in [6.45, 7) is 1.92. The van der Waals surface area contributed by atoms with Crippen molar-refractivity contribution in [3.8, 4) is 5.75 Å². The molecule has 0 aliphatic rings. The van der Waals surface area contributed by atoms with Crippen molar-refractivity contribution in [1.82, 2.24) is 0 Å².